The minimum atomic E-state index is -0.942. The van der Waals surface area contributed by atoms with Crippen molar-refractivity contribution in [1.82, 2.24) is 34.4 Å². The molecule has 41 heavy (non-hydrogen) atoms. The summed E-state index contributed by atoms with van der Waals surface area (Å²) < 4.78 is 14.2. The summed E-state index contributed by atoms with van der Waals surface area (Å²) >= 11 is 0. The Bertz CT molecular complexity index is 1560. The highest BCUT2D eigenvalue weighted by Gasteiger charge is 2.53. The monoisotopic (exact) mass is 562 g/mol. The third kappa shape index (κ3) is 4.67. The SMILES string of the molecule is CC(C)(C)c1ccc2nc(CCC3CC(N4C[C@H]5O[C@@H](n6cnc7c(N)ncnc76)[C@H](O)[C@@H]5OC4CO)C3)[nH]c2c1. The molecule has 12 heteroatoms. The number of nitrogens with one attached hydrogen (secondary N) is 1. The maximum atomic E-state index is 11.1. The van der Waals surface area contributed by atoms with Crippen molar-refractivity contribution in [2.75, 3.05) is 18.9 Å². The van der Waals surface area contributed by atoms with Crippen LogP contribution >= 0.6 is 0 Å². The Labute approximate surface area is 237 Å². The number of anilines is 1. The van der Waals surface area contributed by atoms with Crippen molar-refractivity contribution < 1.29 is 19.7 Å². The number of aliphatic hydroxyl groups excluding tert-OH is 2. The second-order valence-corrected chi connectivity index (χ2v) is 12.8. The number of nitrogens with zero attached hydrogens (tertiary/aromatic N) is 6. The fourth-order valence-electron chi connectivity index (χ4n) is 6.63. The second kappa shape index (κ2) is 9.99. The molecule has 1 aromatic carbocycles. The largest absolute Gasteiger partial charge is 0.392 e. The van der Waals surface area contributed by atoms with Gasteiger partial charge in [-0.25, -0.2) is 19.9 Å². The van der Waals surface area contributed by atoms with Crippen LogP contribution in [0, 0.1) is 5.92 Å². The zero-order chi connectivity index (χ0) is 28.5. The molecule has 2 aliphatic heterocycles. The molecule has 1 aliphatic carbocycles. The number of nitrogens with two attached hydrogens (primary N) is 1. The highest BCUT2D eigenvalue weighted by atomic mass is 16.6. The van der Waals surface area contributed by atoms with E-state index in [1.54, 1.807) is 10.9 Å². The summed E-state index contributed by atoms with van der Waals surface area (Å²) in [6, 6.07) is 6.79. The van der Waals surface area contributed by atoms with Crippen LogP contribution in [0.5, 0.6) is 0 Å². The Morgan fingerprint density at radius 2 is 1.98 bits per heavy atom. The molecule has 12 nitrogen and oxygen atoms in total. The topological polar surface area (TPSA) is 160 Å². The first-order valence-corrected chi connectivity index (χ1v) is 14.5. The minimum Gasteiger partial charge on any atom is -0.392 e. The first kappa shape index (κ1) is 26.7. The summed E-state index contributed by atoms with van der Waals surface area (Å²) in [5, 5.41) is 21.3. The van der Waals surface area contributed by atoms with Crippen molar-refractivity contribution in [1.29, 1.82) is 0 Å². The van der Waals surface area contributed by atoms with Crippen molar-refractivity contribution in [3.8, 4) is 0 Å². The summed E-state index contributed by atoms with van der Waals surface area (Å²) in [6.07, 6.45) is 3.90. The average molecular weight is 563 g/mol. The van der Waals surface area contributed by atoms with E-state index in [2.05, 4.69) is 63.8 Å². The lowest BCUT2D eigenvalue weighted by Crippen LogP contribution is -2.61. The quantitative estimate of drug-likeness (QED) is 0.274. The van der Waals surface area contributed by atoms with Gasteiger partial charge in [-0.05, 0) is 48.3 Å². The van der Waals surface area contributed by atoms with Crippen molar-refractivity contribution >= 4 is 28.0 Å². The van der Waals surface area contributed by atoms with Crippen LogP contribution in [0.15, 0.2) is 30.9 Å². The molecule has 0 bridgehead atoms. The molecule has 218 valence electrons. The molecule has 1 unspecified atom stereocenters. The Balaban J connectivity index is 0.976. The Hall–Kier alpha value is -3.16. The number of aromatic nitrogens is 6. The van der Waals surface area contributed by atoms with E-state index < -0.39 is 24.7 Å². The van der Waals surface area contributed by atoms with Gasteiger partial charge in [-0.3, -0.25) is 9.47 Å². The second-order valence-electron chi connectivity index (χ2n) is 12.8. The number of fused-ring (bicyclic) bond motifs is 3. The number of aliphatic hydroxyl groups is 2. The van der Waals surface area contributed by atoms with Crippen LogP contribution in [0.25, 0.3) is 22.2 Å². The van der Waals surface area contributed by atoms with E-state index >= 15 is 0 Å². The van der Waals surface area contributed by atoms with Gasteiger partial charge in [0, 0.05) is 19.0 Å². The molecule has 3 aromatic heterocycles. The van der Waals surface area contributed by atoms with Gasteiger partial charge >= 0.3 is 0 Å². The van der Waals surface area contributed by atoms with Gasteiger partial charge in [0.1, 0.15) is 42.2 Å². The van der Waals surface area contributed by atoms with Crippen LogP contribution in [0.1, 0.15) is 57.6 Å². The summed E-state index contributed by atoms with van der Waals surface area (Å²) in [6.45, 7) is 7.10. The lowest BCUT2D eigenvalue weighted by atomic mass is 9.76. The number of nitrogen functional groups attached to an aromatic ring is 1. The van der Waals surface area contributed by atoms with Gasteiger partial charge in [0.2, 0.25) is 0 Å². The van der Waals surface area contributed by atoms with E-state index in [4.69, 9.17) is 20.2 Å². The van der Waals surface area contributed by atoms with Crippen LogP contribution in [-0.2, 0) is 21.3 Å². The van der Waals surface area contributed by atoms with Gasteiger partial charge in [0.05, 0.1) is 24.0 Å². The molecule has 1 saturated carbocycles. The number of H-pyrrole nitrogens is 1. The van der Waals surface area contributed by atoms with Crippen molar-refractivity contribution in [2.24, 2.45) is 5.92 Å². The molecule has 0 amide bonds. The zero-order valence-electron chi connectivity index (χ0n) is 23.6. The lowest BCUT2D eigenvalue weighted by Gasteiger charge is -2.50. The summed E-state index contributed by atoms with van der Waals surface area (Å²) in [5.41, 5.74) is 10.4. The summed E-state index contributed by atoms with van der Waals surface area (Å²) in [7, 11) is 0. The van der Waals surface area contributed by atoms with E-state index in [9.17, 15) is 10.2 Å². The van der Waals surface area contributed by atoms with Gasteiger partial charge in [0.25, 0.3) is 0 Å². The number of hydrogen-bond donors (Lipinski definition) is 4. The molecule has 5 heterocycles. The number of aromatic amines is 1. The van der Waals surface area contributed by atoms with Crippen molar-refractivity contribution in [3.05, 3.63) is 42.2 Å². The van der Waals surface area contributed by atoms with Crippen molar-refractivity contribution in [3.63, 3.8) is 0 Å². The third-order valence-corrected chi connectivity index (χ3v) is 9.07. The Morgan fingerprint density at radius 1 is 1.15 bits per heavy atom. The maximum absolute atomic E-state index is 11.1. The molecule has 2 saturated heterocycles. The fraction of sp³-hybridized carbons (Fsp3) is 0.586. The Kier molecular flexibility index (Phi) is 6.51. The number of rotatable bonds is 6. The van der Waals surface area contributed by atoms with Crippen LogP contribution in [-0.4, -0.2) is 88.3 Å². The molecule has 5 atom stereocenters. The Morgan fingerprint density at radius 3 is 2.76 bits per heavy atom. The van der Waals surface area contributed by atoms with E-state index in [0.717, 1.165) is 42.5 Å². The first-order valence-electron chi connectivity index (χ1n) is 14.5. The summed E-state index contributed by atoms with van der Waals surface area (Å²) in [5.74, 6) is 1.89. The van der Waals surface area contributed by atoms with Gasteiger partial charge in [-0.2, -0.15) is 0 Å². The number of aryl methyl sites for hydroxylation is 1. The van der Waals surface area contributed by atoms with E-state index in [1.165, 1.54) is 11.9 Å². The predicted molar refractivity (Wildman–Crippen MR) is 152 cm³/mol. The van der Waals surface area contributed by atoms with Crippen LogP contribution in [0.2, 0.25) is 0 Å². The number of imidazole rings is 2. The minimum absolute atomic E-state index is 0.102. The first-order chi connectivity index (χ1) is 19.7. The van der Waals surface area contributed by atoms with E-state index in [1.807, 2.05) is 0 Å². The molecule has 7 rings (SSSR count). The molecular formula is C29H38N8O4. The lowest BCUT2D eigenvalue weighted by molar-refractivity contribution is -0.217. The number of benzene rings is 1. The molecule has 0 spiro atoms. The van der Waals surface area contributed by atoms with E-state index in [0.29, 0.717) is 29.7 Å². The van der Waals surface area contributed by atoms with E-state index in [-0.39, 0.29) is 23.9 Å². The smallest absolute Gasteiger partial charge is 0.167 e. The molecule has 4 aromatic rings. The van der Waals surface area contributed by atoms with Gasteiger partial charge < -0.3 is 30.4 Å². The number of hydrogen-bond acceptors (Lipinski definition) is 10. The standard InChI is InChI=1S/C29H38N8O4/c1-29(2,3)16-5-6-18-19(10-16)35-21(34-18)7-4-15-8-17(9-15)36-11-20-25(41-22(36)12-38)24(39)28(40-20)37-14-33-23-26(30)31-13-32-27(23)37/h5-6,10,13-15,17,20,22,24-25,28,38-39H,4,7-9,11-12H2,1-3H3,(H,34,35)(H2,30,31,32)/t15?,17?,20-,22?,24-,25-,28-/m1/s1. The highest BCUT2D eigenvalue weighted by molar-refractivity contribution is 5.81. The van der Waals surface area contributed by atoms with Crippen molar-refractivity contribution in [2.45, 2.75) is 88.7 Å². The predicted octanol–water partition coefficient (Wildman–Crippen LogP) is 2.27. The molecule has 0 radical (unpaired) electrons. The van der Waals surface area contributed by atoms with Crippen LogP contribution in [0.4, 0.5) is 5.82 Å². The summed E-state index contributed by atoms with van der Waals surface area (Å²) in [4.78, 5) is 23.1. The normalized spacial score (nSPS) is 30.6. The maximum Gasteiger partial charge on any atom is 0.167 e. The number of ether oxygens (including phenoxy) is 2. The molecule has 5 N–H and O–H groups in total. The fourth-order valence-corrected chi connectivity index (χ4v) is 6.63. The molecular weight excluding hydrogens is 524 g/mol. The molecule has 3 fully saturated rings. The van der Waals surface area contributed by atoms with Crippen LogP contribution in [0.3, 0.4) is 0 Å². The highest BCUT2D eigenvalue weighted by Crippen LogP contribution is 2.42. The molecule has 3 aliphatic rings. The van der Waals surface area contributed by atoms with Crippen LogP contribution < -0.4 is 5.73 Å². The van der Waals surface area contributed by atoms with Gasteiger partial charge in [-0.15, -0.1) is 0 Å². The average Bonchev–Trinajstić information content (AvgIpc) is 3.61. The zero-order valence-corrected chi connectivity index (χ0v) is 23.6. The third-order valence-electron chi connectivity index (χ3n) is 9.07. The van der Waals surface area contributed by atoms with Gasteiger partial charge in [0.15, 0.2) is 17.7 Å². The van der Waals surface area contributed by atoms with Gasteiger partial charge in [-0.1, -0.05) is 26.8 Å².